The van der Waals surface area contributed by atoms with E-state index in [4.69, 9.17) is 4.74 Å². The first kappa shape index (κ1) is 19.8. The van der Waals surface area contributed by atoms with E-state index in [1.165, 1.54) is 0 Å². The van der Waals surface area contributed by atoms with Crippen molar-refractivity contribution in [2.45, 2.75) is 31.9 Å². The summed E-state index contributed by atoms with van der Waals surface area (Å²) in [6.07, 6.45) is -1.77. The van der Waals surface area contributed by atoms with Gasteiger partial charge in [-0.3, -0.25) is 4.99 Å². The van der Waals surface area contributed by atoms with Crippen LogP contribution in [0.3, 0.4) is 0 Å². The Bertz CT molecular complexity index is 307. The molecule has 0 unspecified atom stereocenters. The van der Waals surface area contributed by atoms with E-state index in [1.54, 1.807) is 14.2 Å². The van der Waals surface area contributed by atoms with Gasteiger partial charge in [0.2, 0.25) is 0 Å². The zero-order chi connectivity index (χ0) is 14.4. The van der Waals surface area contributed by atoms with Crippen molar-refractivity contribution in [2.75, 3.05) is 33.9 Å². The van der Waals surface area contributed by atoms with Crippen molar-refractivity contribution in [3.63, 3.8) is 0 Å². The lowest BCUT2D eigenvalue weighted by atomic mass is 10.0. The zero-order valence-corrected chi connectivity index (χ0v) is 14.2. The molecule has 1 fully saturated rings. The second kappa shape index (κ2) is 8.91. The van der Waals surface area contributed by atoms with Crippen LogP contribution in [0.4, 0.5) is 13.2 Å². The number of hydrogen-bond donors (Lipinski definition) is 2. The number of alkyl halides is 3. The van der Waals surface area contributed by atoms with Gasteiger partial charge in [-0.15, -0.1) is 24.0 Å². The summed E-state index contributed by atoms with van der Waals surface area (Å²) in [7, 11) is 3.22. The fourth-order valence-electron chi connectivity index (χ4n) is 1.82. The summed E-state index contributed by atoms with van der Waals surface area (Å²) in [4.78, 5) is 3.91. The van der Waals surface area contributed by atoms with Crippen molar-refractivity contribution >= 4 is 29.9 Å². The van der Waals surface area contributed by atoms with E-state index in [0.717, 1.165) is 25.8 Å². The number of ether oxygens (including phenoxy) is 1. The molecular formula is C12H23F3IN3O. The molecular weight excluding hydrogens is 386 g/mol. The highest BCUT2D eigenvalue weighted by Crippen LogP contribution is 2.48. The van der Waals surface area contributed by atoms with E-state index in [0.29, 0.717) is 12.6 Å². The predicted molar refractivity (Wildman–Crippen MR) is 83.6 cm³/mol. The molecule has 0 saturated heterocycles. The van der Waals surface area contributed by atoms with Gasteiger partial charge in [-0.05, 0) is 24.7 Å². The van der Waals surface area contributed by atoms with Crippen LogP contribution in [0.1, 0.15) is 25.7 Å². The minimum Gasteiger partial charge on any atom is -0.385 e. The van der Waals surface area contributed by atoms with Gasteiger partial charge in [0, 0.05) is 33.9 Å². The lowest BCUT2D eigenvalue weighted by Gasteiger charge is -2.18. The summed E-state index contributed by atoms with van der Waals surface area (Å²) >= 11 is 0. The average Bonchev–Trinajstić information content (AvgIpc) is 3.10. The van der Waals surface area contributed by atoms with Crippen LogP contribution in [-0.4, -0.2) is 46.0 Å². The standard InChI is InChI=1S/C12H22F3N3O.HI/c1-16-10(17-7-5-12(13,14)15)18-9-11(3-4-11)6-8-19-2;/h3-9H2,1-2H3,(H2,16,17,18);1H. The maximum Gasteiger partial charge on any atom is 0.390 e. The van der Waals surface area contributed by atoms with E-state index < -0.39 is 12.6 Å². The fourth-order valence-corrected chi connectivity index (χ4v) is 1.82. The van der Waals surface area contributed by atoms with Crippen molar-refractivity contribution < 1.29 is 17.9 Å². The maximum absolute atomic E-state index is 12.0. The van der Waals surface area contributed by atoms with Gasteiger partial charge < -0.3 is 15.4 Å². The molecule has 0 aromatic carbocycles. The number of hydrogen-bond acceptors (Lipinski definition) is 2. The molecule has 0 heterocycles. The van der Waals surface area contributed by atoms with Gasteiger partial charge in [-0.25, -0.2) is 0 Å². The third-order valence-electron chi connectivity index (χ3n) is 3.35. The van der Waals surface area contributed by atoms with Crippen LogP contribution in [0.15, 0.2) is 4.99 Å². The van der Waals surface area contributed by atoms with Gasteiger partial charge in [-0.2, -0.15) is 13.2 Å². The highest BCUT2D eigenvalue weighted by molar-refractivity contribution is 14.0. The molecule has 0 spiro atoms. The summed E-state index contributed by atoms with van der Waals surface area (Å²) in [6.45, 7) is 1.28. The number of aliphatic imine (C=N–C) groups is 1. The van der Waals surface area contributed by atoms with E-state index in [-0.39, 0.29) is 35.9 Å². The average molecular weight is 409 g/mol. The molecule has 0 radical (unpaired) electrons. The molecule has 2 N–H and O–H groups in total. The summed E-state index contributed by atoms with van der Waals surface area (Å²) in [5.74, 6) is 0.424. The molecule has 0 aromatic rings. The normalized spacial score (nSPS) is 17.4. The Labute approximate surface area is 134 Å². The molecule has 4 nitrogen and oxygen atoms in total. The quantitative estimate of drug-likeness (QED) is 0.386. The molecule has 0 atom stereocenters. The first-order chi connectivity index (χ1) is 8.91. The molecule has 0 aromatic heterocycles. The third-order valence-corrected chi connectivity index (χ3v) is 3.35. The molecule has 1 rings (SSSR count). The van der Waals surface area contributed by atoms with Gasteiger partial charge in [0.25, 0.3) is 0 Å². The van der Waals surface area contributed by atoms with E-state index in [1.807, 2.05) is 0 Å². The van der Waals surface area contributed by atoms with Crippen LogP contribution in [0.5, 0.6) is 0 Å². The Morgan fingerprint density at radius 2 is 1.95 bits per heavy atom. The molecule has 1 aliphatic rings. The maximum atomic E-state index is 12.0. The van der Waals surface area contributed by atoms with Crippen LogP contribution in [-0.2, 0) is 4.74 Å². The highest BCUT2D eigenvalue weighted by atomic mass is 127. The van der Waals surface area contributed by atoms with Crippen LogP contribution in [0, 0.1) is 5.41 Å². The number of methoxy groups -OCH3 is 1. The lowest BCUT2D eigenvalue weighted by molar-refractivity contribution is -0.132. The van der Waals surface area contributed by atoms with Crippen LogP contribution in [0.25, 0.3) is 0 Å². The summed E-state index contributed by atoms with van der Waals surface area (Å²) in [5.41, 5.74) is 0.234. The molecule has 8 heteroatoms. The Hall–Kier alpha value is -0.250. The molecule has 20 heavy (non-hydrogen) atoms. The number of nitrogens with one attached hydrogen (secondary N) is 2. The van der Waals surface area contributed by atoms with Crippen LogP contribution >= 0.6 is 24.0 Å². The number of nitrogens with zero attached hydrogens (tertiary/aromatic N) is 1. The first-order valence-electron chi connectivity index (χ1n) is 6.41. The molecule has 0 aliphatic heterocycles. The van der Waals surface area contributed by atoms with Gasteiger partial charge in [0.15, 0.2) is 5.96 Å². The Balaban J connectivity index is 0.00000361. The zero-order valence-electron chi connectivity index (χ0n) is 11.8. The molecule has 120 valence electrons. The third kappa shape index (κ3) is 8.13. The largest absolute Gasteiger partial charge is 0.390 e. The Kier molecular flexibility index (Phi) is 8.80. The Morgan fingerprint density at radius 3 is 2.40 bits per heavy atom. The number of guanidine groups is 1. The molecule has 0 bridgehead atoms. The van der Waals surface area contributed by atoms with Gasteiger partial charge in [0.1, 0.15) is 0 Å². The van der Waals surface area contributed by atoms with Gasteiger partial charge in [-0.1, -0.05) is 0 Å². The topological polar surface area (TPSA) is 45.7 Å². The smallest absolute Gasteiger partial charge is 0.385 e. The SMILES string of the molecule is CN=C(NCCC(F)(F)F)NCC1(CCOC)CC1.I. The van der Waals surface area contributed by atoms with Crippen LogP contribution in [0.2, 0.25) is 0 Å². The minimum absolute atomic E-state index is 0. The molecule has 1 saturated carbocycles. The Morgan fingerprint density at radius 1 is 1.30 bits per heavy atom. The second-order valence-electron chi connectivity index (χ2n) is 4.96. The number of rotatable bonds is 7. The summed E-state index contributed by atoms with van der Waals surface area (Å²) in [5, 5.41) is 5.75. The summed E-state index contributed by atoms with van der Waals surface area (Å²) < 4.78 is 41.1. The fraction of sp³-hybridized carbons (Fsp3) is 0.917. The van der Waals surface area contributed by atoms with Crippen molar-refractivity contribution in [3.05, 3.63) is 0 Å². The van der Waals surface area contributed by atoms with E-state index >= 15 is 0 Å². The van der Waals surface area contributed by atoms with Crippen molar-refractivity contribution in [3.8, 4) is 0 Å². The van der Waals surface area contributed by atoms with Crippen molar-refractivity contribution in [1.82, 2.24) is 10.6 Å². The van der Waals surface area contributed by atoms with Gasteiger partial charge >= 0.3 is 6.18 Å². The van der Waals surface area contributed by atoms with E-state index in [9.17, 15) is 13.2 Å². The number of halogens is 4. The monoisotopic (exact) mass is 409 g/mol. The first-order valence-corrected chi connectivity index (χ1v) is 6.41. The minimum atomic E-state index is -4.14. The van der Waals surface area contributed by atoms with Crippen molar-refractivity contribution in [1.29, 1.82) is 0 Å². The van der Waals surface area contributed by atoms with Crippen LogP contribution < -0.4 is 10.6 Å². The highest BCUT2D eigenvalue weighted by Gasteiger charge is 2.41. The molecule has 0 amide bonds. The van der Waals surface area contributed by atoms with Gasteiger partial charge in [0.05, 0.1) is 6.42 Å². The predicted octanol–water partition coefficient (Wildman–Crippen LogP) is 2.54. The van der Waals surface area contributed by atoms with E-state index in [2.05, 4.69) is 15.6 Å². The second-order valence-corrected chi connectivity index (χ2v) is 4.96. The molecule has 1 aliphatic carbocycles. The van der Waals surface area contributed by atoms with Crippen molar-refractivity contribution in [2.24, 2.45) is 10.4 Å². The summed E-state index contributed by atoms with van der Waals surface area (Å²) in [6, 6.07) is 0. The lowest BCUT2D eigenvalue weighted by Crippen LogP contribution is -2.41.